The Labute approximate surface area is 194 Å². The number of carbonyl (C=O) groups is 1. The van der Waals surface area contributed by atoms with Crippen molar-refractivity contribution < 1.29 is 23.2 Å². The number of nitrogens with one attached hydrogen (secondary N) is 1. The lowest BCUT2D eigenvalue weighted by Crippen LogP contribution is -2.23. The first-order valence-electron chi connectivity index (χ1n) is 10.1. The fraction of sp³-hybridized carbons (Fsp3) is 0.120. The van der Waals surface area contributed by atoms with Gasteiger partial charge in [-0.2, -0.15) is 0 Å². The molecule has 0 atom stereocenters. The number of halogens is 2. The second-order valence-electron chi connectivity index (χ2n) is 7.12. The van der Waals surface area contributed by atoms with Crippen LogP contribution in [0, 0.1) is 5.82 Å². The van der Waals surface area contributed by atoms with Crippen molar-refractivity contribution in [3.05, 3.63) is 100 Å². The van der Waals surface area contributed by atoms with Gasteiger partial charge < -0.3 is 19.3 Å². The number of hydrogen-bond acceptors (Lipinski definition) is 5. The third kappa shape index (κ3) is 5.51. The molecular formula is C25H20ClFN2O4. The molecule has 168 valence electrons. The Kier molecular flexibility index (Phi) is 6.90. The topological polar surface area (TPSA) is 73.6 Å². The van der Waals surface area contributed by atoms with Crippen molar-refractivity contribution in [2.45, 2.75) is 13.2 Å². The van der Waals surface area contributed by atoms with Crippen LogP contribution in [0.1, 0.15) is 21.6 Å². The zero-order valence-electron chi connectivity index (χ0n) is 17.7. The smallest absolute Gasteiger partial charge is 0.273 e. The zero-order valence-corrected chi connectivity index (χ0v) is 18.4. The Morgan fingerprint density at radius 2 is 1.85 bits per heavy atom. The van der Waals surface area contributed by atoms with E-state index in [2.05, 4.69) is 10.5 Å². The molecule has 8 heteroatoms. The molecule has 0 saturated carbocycles. The Bertz CT molecular complexity index is 1260. The van der Waals surface area contributed by atoms with Crippen molar-refractivity contribution in [3.63, 3.8) is 0 Å². The lowest BCUT2D eigenvalue weighted by molar-refractivity contribution is 0.0941. The fourth-order valence-corrected chi connectivity index (χ4v) is 3.35. The minimum absolute atomic E-state index is 0.0828. The molecule has 33 heavy (non-hydrogen) atoms. The molecule has 1 amide bonds. The van der Waals surface area contributed by atoms with Crippen LogP contribution in [0.15, 0.2) is 77.3 Å². The van der Waals surface area contributed by atoms with E-state index in [9.17, 15) is 9.18 Å². The molecular weight excluding hydrogens is 447 g/mol. The highest BCUT2D eigenvalue weighted by Crippen LogP contribution is 2.25. The lowest BCUT2D eigenvalue weighted by atomic mass is 10.1. The van der Waals surface area contributed by atoms with Crippen molar-refractivity contribution in [2.75, 3.05) is 7.11 Å². The summed E-state index contributed by atoms with van der Waals surface area (Å²) < 4.78 is 29.8. The van der Waals surface area contributed by atoms with E-state index in [1.54, 1.807) is 12.1 Å². The van der Waals surface area contributed by atoms with Gasteiger partial charge in [0, 0.05) is 34.3 Å². The number of nitrogens with zero attached hydrogens (tertiary/aromatic N) is 1. The molecule has 1 aromatic heterocycles. The molecule has 0 aliphatic carbocycles. The molecule has 0 spiro atoms. The van der Waals surface area contributed by atoms with E-state index in [0.29, 0.717) is 34.5 Å². The molecule has 4 aromatic rings. The van der Waals surface area contributed by atoms with Gasteiger partial charge in [-0.15, -0.1) is 0 Å². The van der Waals surface area contributed by atoms with E-state index < -0.39 is 11.7 Å². The number of rotatable bonds is 8. The standard InChI is InChI=1S/C25H20ClFN2O4/c1-31-23-11-8-19(27)12-18(23)14-28-25(30)22-13-24(33-29-22)16-6-9-20(10-7-16)32-15-17-4-2-3-5-21(17)26/h2-13H,14-15H2,1H3,(H,28,30). The molecule has 1 heterocycles. The van der Waals surface area contributed by atoms with Crippen LogP contribution in [0.5, 0.6) is 11.5 Å². The summed E-state index contributed by atoms with van der Waals surface area (Å²) in [6, 6.07) is 20.3. The highest BCUT2D eigenvalue weighted by atomic mass is 35.5. The first-order chi connectivity index (χ1) is 16.0. The van der Waals surface area contributed by atoms with Gasteiger partial charge in [0.1, 0.15) is 23.9 Å². The number of amides is 1. The Hall–Kier alpha value is -3.84. The summed E-state index contributed by atoms with van der Waals surface area (Å²) in [7, 11) is 1.48. The van der Waals surface area contributed by atoms with Gasteiger partial charge in [0.25, 0.3) is 5.91 Å². The van der Waals surface area contributed by atoms with Crippen molar-refractivity contribution >= 4 is 17.5 Å². The van der Waals surface area contributed by atoms with Crippen LogP contribution in [0.2, 0.25) is 5.02 Å². The minimum atomic E-state index is -0.448. The molecule has 0 bridgehead atoms. The quantitative estimate of drug-likeness (QED) is 0.363. The first kappa shape index (κ1) is 22.4. The maximum absolute atomic E-state index is 13.5. The molecule has 0 fully saturated rings. The average Bonchev–Trinajstić information content (AvgIpc) is 3.33. The van der Waals surface area contributed by atoms with E-state index >= 15 is 0 Å². The van der Waals surface area contributed by atoms with E-state index in [0.717, 1.165) is 11.1 Å². The van der Waals surface area contributed by atoms with Crippen molar-refractivity contribution in [1.29, 1.82) is 0 Å². The summed E-state index contributed by atoms with van der Waals surface area (Å²) in [6.45, 7) is 0.432. The molecule has 0 saturated heterocycles. The SMILES string of the molecule is COc1ccc(F)cc1CNC(=O)c1cc(-c2ccc(OCc3ccccc3Cl)cc2)on1. The Morgan fingerprint density at radius 1 is 1.06 bits per heavy atom. The minimum Gasteiger partial charge on any atom is -0.496 e. The largest absolute Gasteiger partial charge is 0.496 e. The predicted molar refractivity (Wildman–Crippen MR) is 122 cm³/mol. The van der Waals surface area contributed by atoms with Crippen molar-refractivity contribution in [2.24, 2.45) is 0 Å². The summed E-state index contributed by atoms with van der Waals surface area (Å²) in [4.78, 5) is 12.4. The van der Waals surface area contributed by atoms with Crippen LogP contribution in [0.3, 0.4) is 0 Å². The molecule has 4 rings (SSSR count). The van der Waals surface area contributed by atoms with Gasteiger partial charge in [0.15, 0.2) is 11.5 Å². The summed E-state index contributed by atoms with van der Waals surface area (Å²) in [6.07, 6.45) is 0. The number of aromatic nitrogens is 1. The summed E-state index contributed by atoms with van der Waals surface area (Å²) in [5, 5.41) is 7.17. The number of benzene rings is 3. The maximum Gasteiger partial charge on any atom is 0.273 e. The fourth-order valence-electron chi connectivity index (χ4n) is 3.16. The number of carbonyl (C=O) groups excluding carboxylic acids is 1. The molecule has 6 nitrogen and oxygen atoms in total. The van der Waals surface area contributed by atoms with Crippen molar-refractivity contribution in [3.8, 4) is 22.8 Å². The van der Waals surface area contributed by atoms with Gasteiger partial charge in [-0.3, -0.25) is 4.79 Å². The van der Waals surface area contributed by atoms with Crippen LogP contribution in [-0.2, 0) is 13.2 Å². The van der Waals surface area contributed by atoms with Gasteiger partial charge in [-0.25, -0.2) is 4.39 Å². The summed E-state index contributed by atoms with van der Waals surface area (Å²) >= 11 is 6.15. The van der Waals surface area contributed by atoms with Crippen LogP contribution in [0.25, 0.3) is 11.3 Å². The average molecular weight is 467 g/mol. The maximum atomic E-state index is 13.5. The molecule has 0 radical (unpaired) electrons. The van der Waals surface area contributed by atoms with E-state index in [4.69, 9.17) is 25.6 Å². The summed E-state index contributed by atoms with van der Waals surface area (Å²) in [5.74, 6) is 0.717. The molecule has 0 aliphatic heterocycles. The van der Waals surface area contributed by atoms with Gasteiger partial charge in [0.05, 0.1) is 7.11 Å². The lowest BCUT2D eigenvalue weighted by Gasteiger charge is -2.09. The highest BCUT2D eigenvalue weighted by Gasteiger charge is 2.15. The predicted octanol–water partition coefficient (Wildman–Crippen LogP) is 5.65. The van der Waals surface area contributed by atoms with Gasteiger partial charge >= 0.3 is 0 Å². The third-order valence-electron chi connectivity index (χ3n) is 4.92. The number of ether oxygens (including phenoxy) is 2. The number of hydrogen-bond donors (Lipinski definition) is 1. The van der Waals surface area contributed by atoms with Gasteiger partial charge in [-0.05, 0) is 48.5 Å². The van der Waals surface area contributed by atoms with E-state index in [1.165, 1.54) is 31.4 Å². The second kappa shape index (κ2) is 10.2. The second-order valence-corrected chi connectivity index (χ2v) is 7.53. The van der Waals surface area contributed by atoms with Crippen LogP contribution < -0.4 is 14.8 Å². The molecule has 0 unspecified atom stereocenters. The van der Waals surface area contributed by atoms with E-state index in [-0.39, 0.29) is 12.2 Å². The van der Waals surface area contributed by atoms with Crippen molar-refractivity contribution in [1.82, 2.24) is 10.5 Å². The third-order valence-corrected chi connectivity index (χ3v) is 5.28. The zero-order chi connectivity index (χ0) is 23.2. The van der Waals surface area contributed by atoms with Crippen LogP contribution in [0.4, 0.5) is 4.39 Å². The normalized spacial score (nSPS) is 10.6. The van der Waals surface area contributed by atoms with Gasteiger partial charge in [-0.1, -0.05) is 35.0 Å². The summed E-state index contributed by atoms with van der Waals surface area (Å²) in [5.41, 5.74) is 2.25. The monoisotopic (exact) mass is 466 g/mol. The van der Waals surface area contributed by atoms with E-state index in [1.807, 2.05) is 36.4 Å². The molecule has 3 aromatic carbocycles. The number of methoxy groups -OCH3 is 1. The Balaban J connectivity index is 1.37. The van der Waals surface area contributed by atoms with Crippen LogP contribution in [-0.4, -0.2) is 18.2 Å². The molecule has 0 aliphatic rings. The first-order valence-corrected chi connectivity index (χ1v) is 10.5. The Morgan fingerprint density at radius 3 is 2.61 bits per heavy atom. The molecule has 1 N–H and O–H groups in total. The van der Waals surface area contributed by atoms with Gasteiger partial charge in [0.2, 0.25) is 0 Å². The highest BCUT2D eigenvalue weighted by molar-refractivity contribution is 6.31. The van der Waals surface area contributed by atoms with Crippen LogP contribution >= 0.6 is 11.6 Å².